The number of halogens is 1. The third-order valence-electron chi connectivity index (χ3n) is 3.33. The van der Waals surface area contributed by atoms with E-state index in [9.17, 15) is 9.18 Å². The normalized spacial score (nSPS) is 21.5. The molecule has 0 aromatic carbocycles. The molecule has 1 saturated heterocycles. The number of amides is 1. The van der Waals surface area contributed by atoms with Crippen LogP contribution in [0, 0.1) is 6.92 Å². The van der Waals surface area contributed by atoms with Gasteiger partial charge in [-0.25, -0.2) is 19.3 Å². The molecule has 110 valence electrons. The van der Waals surface area contributed by atoms with Crippen LogP contribution in [0.5, 0.6) is 0 Å². The lowest BCUT2D eigenvalue weighted by Gasteiger charge is -2.19. The summed E-state index contributed by atoms with van der Waals surface area (Å²) >= 11 is 1.26. The lowest BCUT2D eigenvalue weighted by Crippen LogP contribution is -2.41. The summed E-state index contributed by atoms with van der Waals surface area (Å²) in [5.41, 5.74) is -1.01. The van der Waals surface area contributed by atoms with Crippen molar-refractivity contribution in [2.24, 2.45) is 0 Å². The van der Waals surface area contributed by atoms with Crippen LogP contribution in [0.2, 0.25) is 0 Å². The zero-order valence-electron chi connectivity index (χ0n) is 11.4. The number of rotatable bonds is 3. The number of anilines is 2. The van der Waals surface area contributed by atoms with E-state index in [-0.39, 0.29) is 13.0 Å². The average Bonchev–Trinajstić information content (AvgIpc) is 3.10. The van der Waals surface area contributed by atoms with Gasteiger partial charge < -0.3 is 4.90 Å². The van der Waals surface area contributed by atoms with E-state index in [0.29, 0.717) is 17.6 Å². The molecule has 3 heterocycles. The quantitative estimate of drug-likeness (QED) is 0.936. The van der Waals surface area contributed by atoms with Crippen LogP contribution in [0.1, 0.15) is 12.0 Å². The highest BCUT2D eigenvalue weighted by atomic mass is 32.1. The standard InChI is InChI=1S/C13H14FN5OS/c1-9-6-16-11(17-7-9)19-4-2-13(14,8-19)10(20)18-12-15-3-5-21-12/h3,5-7H,2,4,8H2,1H3,(H,15,18,20). The van der Waals surface area contributed by atoms with Crippen LogP contribution >= 0.6 is 11.3 Å². The first-order chi connectivity index (χ1) is 10.1. The number of hydrogen-bond acceptors (Lipinski definition) is 6. The van der Waals surface area contributed by atoms with Gasteiger partial charge in [0, 0.05) is 36.9 Å². The van der Waals surface area contributed by atoms with Crippen molar-refractivity contribution in [1.82, 2.24) is 15.0 Å². The topological polar surface area (TPSA) is 71.0 Å². The molecule has 0 radical (unpaired) electrons. The van der Waals surface area contributed by atoms with Crippen molar-refractivity contribution in [3.05, 3.63) is 29.5 Å². The van der Waals surface area contributed by atoms with Gasteiger partial charge in [0.15, 0.2) is 5.13 Å². The second-order valence-corrected chi connectivity index (χ2v) is 5.88. The number of alkyl halides is 1. The fourth-order valence-corrected chi connectivity index (χ4v) is 2.70. The Hall–Kier alpha value is -2.09. The van der Waals surface area contributed by atoms with Crippen molar-refractivity contribution in [2.45, 2.75) is 19.0 Å². The van der Waals surface area contributed by atoms with Gasteiger partial charge in [0.1, 0.15) is 0 Å². The van der Waals surface area contributed by atoms with Crippen LogP contribution in [0.4, 0.5) is 15.5 Å². The molecular weight excluding hydrogens is 293 g/mol. The summed E-state index contributed by atoms with van der Waals surface area (Å²) in [7, 11) is 0. The van der Waals surface area contributed by atoms with E-state index >= 15 is 0 Å². The fraction of sp³-hybridized carbons (Fsp3) is 0.385. The van der Waals surface area contributed by atoms with Crippen LogP contribution in [-0.4, -0.2) is 39.6 Å². The summed E-state index contributed by atoms with van der Waals surface area (Å²) in [6, 6.07) is 0. The molecule has 0 aliphatic carbocycles. The van der Waals surface area contributed by atoms with Crippen molar-refractivity contribution in [2.75, 3.05) is 23.3 Å². The van der Waals surface area contributed by atoms with E-state index in [1.165, 1.54) is 11.3 Å². The predicted octanol–water partition coefficient (Wildman–Crippen LogP) is 1.80. The molecule has 1 atom stereocenters. The van der Waals surface area contributed by atoms with Gasteiger partial charge in [-0.15, -0.1) is 11.3 Å². The maximum absolute atomic E-state index is 14.8. The van der Waals surface area contributed by atoms with Gasteiger partial charge in [0.05, 0.1) is 6.54 Å². The maximum atomic E-state index is 14.8. The van der Waals surface area contributed by atoms with E-state index < -0.39 is 11.6 Å². The molecule has 1 unspecified atom stereocenters. The Bertz CT molecular complexity index is 633. The third kappa shape index (κ3) is 2.85. The average molecular weight is 307 g/mol. The monoisotopic (exact) mass is 307 g/mol. The Kier molecular flexibility index (Phi) is 3.54. The van der Waals surface area contributed by atoms with E-state index in [4.69, 9.17) is 0 Å². The number of aromatic nitrogens is 3. The molecule has 21 heavy (non-hydrogen) atoms. The molecule has 1 fully saturated rings. The summed E-state index contributed by atoms with van der Waals surface area (Å²) in [5, 5.41) is 4.64. The zero-order valence-corrected chi connectivity index (χ0v) is 12.2. The largest absolute Gasteiger partial charge is 0.337 e. The number of carbonyl (C=O) groups is 1. The van der Waals surface area contributed by atoms with E-state index in [0.717, 1.165) is 5.56 Å². The first-order valence-corrected chi connectivity index (χ1v) is 7.38. The summed E-state index contributed by atoms with van der Waals surface area (Å²) in [4.78, 5) is 26.0. The highest BCUT2D eigenvalue weighted by Crippen LogP contribution is 2.29. The number of hydrogen-bond donors (Lipinski definition) is 1. The lowest BCUT2D eigenvalue weighted by atomic mass is 10.1. The molecule has 0 saturated carbocycles. The molecular formula is C13H14FN5OS. The van der Waals surface area contributed by atoms with Crippen LogP contribution in [-0.2, 0) is 4.79 Å². The van der Waals surface area contributed by atoms with Gasteiger partial charge in [0.25, 0.3) is 5.91 Å². The molecule has 2 aromatic rings. The molecule has 3 rings (SSSR count). The minimum absolute atomic E-state index is 0.0483. The summed E-state index contributed by atoms with van der Waals surface area (Å²) in [6.45, 7) is 2.24. The third-order valence-corrected chi connectivity index (χ3v) is 4.02. The Morgan fingerprint density at radius 1 is 1.43 bits per heavy atom. The number of nitrogens with zero attached hydrogens (tertiary/aromatic N) is 4. The van der Waals surface area contributed by atoms with Crippen LogP contribution in [0.3, 0.4) is 0 Å². The number of nitrogens with one attached hydrogen (secondary N) is 1. The van der Waals surface area contributed by atoms with Crippen molar-refractivity contribution < 1.29 is 9.18 Å². The molecule has 1 N–H and O–H groups in total. The minimum atomic E-state index is -1.94. The van der Waals surface area contributed by atoms with Gasteiger partial charge in [0.2, 0.25) is 11.6 Å². The van der Waals surface area contributed by atoms with Gasteiger partial charge in [-0.2, -0.15) is 0 Å². The van der Waals surface area contributed by atoms with E-state index in [2.05, 4.69) is 20.3 Å². The van der Waals surface area contributed by atoms with Gasteiger partial charge in [-0.1, -0.05) is 0 Å². The van der Waals surface area contributed by atoms with Gasteiger partial charge >= 0.3 is 0 Å². The molecule has 6 nitrogen and oxygen atoms in total. The molecule has 1 aliphatic rings. The Morgan fingerprint density at radius 3 is 2.86 bits per heavy atom. The smallest absolute Gasteiger partial charge is 0.265 e. The first kappa shape index (κ1) is 13.9. The summed E-state index contributed by atoms with van der Waals surface area (Å²) < 4.78 is 14.8. The number of carbonyl (C=O) groups excluding carboxylic acids is 1. The second-order valence-electron chi connectivity index (χ2n) is 4.99. The van der Waals surface area contributed by atoms with E-state index in [1.807, 2.05) is 6.92 Å². The highest BCUT2D eigenvalue weighted by Gasteiger charge is 2.46. The lowest BCUT2D eigenvalue weighted by molar-refractivity contribution is -0.126. The minimum Gasteiger partial charge on any atom is -0.337 e. The summed E-state index contributed by atoms with van der Waals surface area (Å²) in [6.07, 6.45) is 5.03. The molecule has 0 spiro atoms. The maximum Gasteiger partial charge on any atom is 0.265 e. The fourth-order valence-electron chi connectivity index (χ4n) is 2.17. The Morgan fingerprint density at radius 2 is 2.19 bits per heavy atom. The Labute approximate surface area is 125 Å². The highest BCUT2D eigenvalue weighted by molar-refractivity contribution is 7.13. The Balaban J connectivity index is 1.69. The zero-order chi connectivity index (χ0) is 14.9. The van der Waals surface area contributed by atoms with Crippen LogP contribution < -0.4 is 10.2 Å². The SMILES string of the molecule is Cc1cnc(N2CCC(F)(C(=O)Nc3nccs3)C2)nc1. The molecule has 1 amide bonds. The van der Waals surface area contributed by atoms with E-state index in [1.54, 1.807) is 28.9 Å². The molecule has 8 heteroatoms. The molecule has 2 aromatic heterocycles. The van der Waals surface area contributed by atoms with Crippen molar-refractivity contribution in [3.63, 3.8) is 0 Å². The second kappa shape index (κ2) is 5.36. The van der Waals surface area contributed by atoms with Crippen LogP contribution in [0.25, 0.3) is 0 Å². The van der Waals surface area contributed by atoms with Crippen molar-refractivity contribution in [1.29, 1.82) is 0 Å². The summed E-state index contributed by atoms with van der Waals surface area (Å²) in [5.74, 6) is -0.214. The van der Waals surface area contributed by atoms with Gasteiger partial charge in [-0.05, 0) is 12.5 Å². The molecule has 1 aliphatic heterocycles. The molecule has 0 bridgehead atoms. The van der Waals surface area contributed by atoms with Gasteiger partial charge in [-0.3, -0.25) is 10.1 Å². The van der Waals surface area contributed by atoms with Crippen molar-refractivity contribution >= 4 is 28.3 Å². The first-order valence-electron chi connectivity index (χ1n) is 6.50. The number of aryl methyl sites for hydroxylation is 1. The predicted molar refractivity (Wildman–Crippen MR) is 78.2 cm³/mol. The van der Waals surface area contributed by atoms with Crippen LogP contribution in [0.15, 0.2) is 24.0 Å². The van der Waals surface area contributed by atoms with Crippen molar-refractivity contribution in [3.8, 4) is 0 Å². The number of thiazole rings is 1.